The van der Waals surface area contributed by atoms with Crippen molar-refractivity contribution in [2.24, 2.45) is 0 Å². The molecule has 0 aliphatic heterocycles. The Hall–Kier alpha value is -1.84. The van der Waals surface area contributed by atoms with Crippen LogP contribution in [0, 0.1) is 5.82 Å². The Morgan fingerprint density at radius 2 is 2.18 bits per heavy atom. The molecule has 3 heterocycles. The van der Waals surface area contributed by atoms with Gasteiger partial charge in [-0.15, -0.1) is 10.2 Å². The fourth-order valence-electron chi connectivity index (χ4n) is 1.98. The van der Waals surface area contributed by atoms with Crippen molar-refractivity contribution >= 4 is 43.8 Å². The molecule has 0 aliphatic rings. The quantitative estimate of drug-likeness (QED) is 0.556. The second-order valence-electron chi connectivity index (χ2n) is 4.34. The summed E-state index contributed by atoms with van der Waals surface area (Å²) in [5.74, 6) is -0.0134. The van der Waals surface area contributed by atoms with Gasteiger partial charge in [0.2, 0.25) is 4.96 Å². The van der Waals surface area contributed by atoms with Gasteiger partial charge in [0, 0.05) is 5.56 Å². The van der Waals surface area contributed by atoms with Crippen LogP contribution in [0.25, 0.3) is 27.1 Å². The molecule has 3 aromatic heterocycles. The molecule has 0 atom stereocenters. The van der Waals surface area contributed by atoms with Gasteiger partial charge in [0.1, 0.15) is 11.5 Å². The third-order valence-electron chi connectivity index (χ3n) is 2.97. The maximum Gasteiger partial charge on any atom is 0.235 e. The summed E-state index contributed by atoms with van der Waals surface area (Å²) in [6, 6.07) is 4.08. The Balaban J connectivity index is 1.91. The maximum atomic E-state index is 13.5. The van der Waals surface area contributed by atoms with Crippen molar-refractivity contribution in [3.8, 4) is 22.1 Å². The molecule has 4 rings (SSSR count). The molecule has 110 valence electrons. The van der Waals surface area contributed by atoms with Gasteiger partial charge in [-0.25, -0.2) is 4.39 Å². The summed E-state index contributed by atoms with van der Waals surface area (Å²) in [7, 11) is 0. The first-order valence-electron chi connectivity index (χ1n) is 6.00. The monoisotopic (exact) mass is 398 g/mol. The predicted molar refractivity (Wildman–Crippen MR) is 84.3 cm³/mol. The van der Waals surface area contributed by atoms with Crippen LogP contribution in [0.15, 0.2) is 28.9 Å². The van der Waals surface area contributed by atoms with E-state index in [1.165, 1.54) is 34.1 Å². The number of halogens is 3. The Morgan fingerprint density at radius 1 is 1.32 bits per heavy atom. The second-order valence-corrected chi connectivity index (χ2v) is 6.56. The number of nitrogens with zero attached hydrogens (tertiary/aromatic N) is 5. The topological polar surface area (TPSA) is 71.8 Å². The van der Waals surface area contributed by atoms with Crippen molar-refractivity contribution in [2.75, 3.05) is 0 Å². The smallest absolute Gasteiger partial charge is 0.235 e. The van der Waals surface area contributed by atoms with Crippen LogP contribution in [-0.2, 0) is 0 Å². The first-order valence-corrected chi connectivity index (χ1v) is 7.99. The molecule has 1 N–H and O–H groups in total. The number of fused-ring (bicyclic) bond motifs is 1. The molecule has 0 unspecified atom stereocenters. The van der Waals surface area contributed by atoms with Crippen molar-refractivity contribution in [3.05, 3.63) is 39.7 Å². The Bertz CT molecular complexity index is 993. The standard InChI is InChI=1S/C12H5BrClFN6S/c13-7-4-16-17-9(7)11-20-21-10(18-19-12(21)22-11)6-3-5(15)1-2-8(6)14/h1-4H,(H,16,17). The van der Waals surface area contributed by atoms with Crippen molar-refractivity contribution < 1.29 is 4.39 Å². The fourth-order valence-corrected chi connectivity index (χ4v) is 3.54. The van der Waals surface area contributed by atoms with Gasteiger partial charge < -0.3 is 0 Å². The average molecular weight is 400 g/mol. The number of hydrogen-bond donors (Lipinski definition) is 1. The van der Waals surface area contributed by atoms with E-state index in [4.69, 9.17) is 11.6 Å². The van der Waals surface area contributed by atoms with Gasteiger partial charge >= 0.3 is 0 Å². The number of hydrogen-bond acceptors (Lipinski definition) is 5. The molecule has 0 amide bonds. The molecular weight excluding hydrogens is 395 g/mol. The van der Waals surface area contributed by atoms with E-state index >= 15 is 0 Å². The highest BCUT2D eigenvalue weighted by atomic mass is 79.9. The molecule has 0 bridgehead atoms. The van der Waals surface area contributed by atoms with Gasteiger partial charge in [0.15, 0.2) is 10.8 Å². The fraction of sp³-hybridized carbons (Fsp3) is 0. The summed E-state index contributed by atoms with van der Waals surface area (Å²) in [5, 5.41) is 20.4. The lowest BCUT2D eigenvalue weighted by atomic mass is 10.2. The molecular formula is C12H5BrClFN6S. The molecule has 4 aromatic rings. The van der Waals surface area contributed by atoms with E-state index in [0.717, 1.165) is 10.2 Å². The zero-order chi connectivity index (χ0) is 15.3. The third kappa shape index (κ3) is 2.13. The van der Waals surface area contributed by atoms with E-state index in [-0.39, 0.29) is 0 Å². The van der Waals surface area contributed by atoms with Crippen LogP contribution in [0.1, 0.15) is 0 Å². The van der Waals surface area contributed by atoms with Crippen LogP contribution >= 0.6 is 38.9 Å². The van der Waals surface area contributed by atoms with Crippen molar-refractivity contribution in [1.29, 1.82) is 0 Å². The van der Waals surface area contributed by atoms with Gasteiger partial charge in [-0.3, -0.25) is 5.10 Å². The zero-order valence-corrected chi connectivity index (χ0v) is 13.7. The van der Waals surface area contributed by atoms with Gasteiger partial charge in [-0.1, -0.05) is 22.9 Å². The Kier molecular flexibility index (Phi) is 3.21. The highest BCUT2D eigenvalue weighted by molar-refractivity contribution is 9.10. The van der Waals surface area contributed by atoms with E-state index in [1.54, 1.807) is 6.20 Å². The number of benzene rings is 1. The highest BCUT2D eigenvalue weighted by Gasteiger charge is 2.18. The average Bonchev–Trinajstić information content (AvgIpc) is 3.16. The zero-order valence-electron chi connectivity index (χ0n) is 10.6. The first-order chi connectivity index (χ1) is 10.6. The summed E-state index contributed by atoms with van der Waals surface area (Å²) in [4.78, 5) is 0.576. The predicted octanol–water partition coefficient (Wildman–Crippen LogP) is 3.80. The molecule has 0 saturated heterocycles. The van der Waals surface area contributed by atoms with Gasteiger partial charge in [-0.05, 0) is 34.1 Å². The van der Waals surface area contributed by atoms with Crippen LogP contribution in [0.5, 0.6) is 0 Å². The lowest BCUT2D eigenvalue weighted by molar-refractivity contribution is 0.628. The molecule has 1 aromatic carbocycles. The van der Waals surface area contributed by atoms with Crippen molar-refractivity contribution in [1.82, 2.24) is 30.0 Å². The van der Waals surface area contributed by atoms with E-state index in [1.807, 2.05) is 0 Å². The Labute approximate surface area is 140 Å². The Morgan fingerprint density at radius 3 is 2.95 bits per heavy atom. The van der Waals surface area contributed by atoms with E-state index in [0.29, 0.717) is 26.4 Å². The number of rotatable bonds is 2. The SMILES string of the molecule is Fc1ccc(Cl)c(-c2nnc3sc(-c4[nH]ncc4Br)nn23)c1. The molecule has 0 saturated carbocycles. The lowest BCUT2D eigenvalue weighted by Crippen LogP contribution is -1.93. The van der Waals surface area contributed by atoms with Crippen LogP contribution < -0.4 is 0 Å². The number of nitrogens with one attached hydrogen (secondary N) is 1. The lowest BCUT2D eigenvalue weighted by Gasteiger charge is -2.00. The highest BCUT2D eigenvalue weighted by Crippen LogP contribution is 2.32. The minimum Gasteiger partial charge on any atom is -0.274 e. The summed E-state index contributed by atoms with van der Waals surface area (Å²) in [5.41, 5.74) is 1.18. The van der Waals surface area contributed by atoms with Crippen LogP contribution in [-0.4, -0.2) is 30.0 Å². The molecule has 0 aliphatic carbocycles. The normalized spacial score (nSPS) is 11.4. The second kappa shape index (κ2) is 5.11. The van der Waals surface area contributed by atoms with Crippen molar-refractivity contribution in [2.45, 2.75) is 0 Å². The molecule has 0 radical (unpaired) electrons. The van der Waals surface area contributed by atoms with Gasteiger partial charge in [0.05, 0.1) is 15.7 Å². The number of aromatic nitrogens is 6. The summed E-state index contributed by atoms with van der Waals surface area (Å²) < 4.78 is 15.8. The minimum absolute atomic E-state index is 0.382. The van der Waals surface area contributed by atoms with Crippen LogP contribution in [0.3, 0.4) is 0 Å². The first kappa shape index (κ1) is 13.8. The van der Waals surface area contributed by atoms with E-state index in [2.05, 4.69) is 41.4 Å². The summed E-state index contributed by atoms with van der Waals surface area (Å²) in [6.45, 7) is 0. The van der Waals surface area contributed by atoms with E-state index in [9.17, 15) is 4.39 Å². The third-order valence-corrected chi connectivity index (χ3v) is 4.81. The van der Waals surface area contributed by atoms with Crippen molar-refractivity contribution in [3.63, 3.8) is 0 Å². The van der Waals surface area contributed by atoms with Gasteiger partial charge in [-0.2, -0.15) is 14.7 Å². The number of H-pyrrole nitrogens is 1. The molecule has 0 fully saturated rings. The maximum absolute atomic E-state index is 13.5. The van der Waals surface area contributed by atoms with Gasteiger partial charge in [0.25, 0.3) is 0 Å². The van der Waals surface area contributed by atoms with Crippen LogP contribution in [0.2, 0.25) is 5.02 Å². The summed E-state index contributed by atoms with van der Waals surface area (Å²) in [6.07, 6.45) is 1.64. The van der Waals surface area contributed by atoms with E-state index < -0.39 is 5.82 Å². The summed E-state index contributed by atoms with van der Waals surface area (Å²) >= 11 is 10.8. The molecule has 6 nitrogen and oxygen atoms in total. The van der Waals surface area contributed by atoms with Crippen LogP contribution in [0.4, 0.5) is 4.39 Å². The molecule has 0 spiro atoms. The molecule has 22 heavy (non-hydrogen) atoms. The minimum atomic E-state index is -0.400. The number of aromatic amines is 1. The molecule has 10 heteroatoms. The largest absolute Gasteiger partial charge is 0.274 e.